The number of rotatable bonds is 5. The van der Waals surface area contributed by atoms with Gasteiger partial charge in [-0.2, -0.15) is 0 Å². The zero-order valence-electron chi connectivity index (χ0n) is 19.3. The van der Waals surface area contributed by atoms with Crippen molar-refractivity contribution < 1.29 is 17.9 Å². The van der Waals surface area contributed by atoms with E-state index in [4.69, 9.17) is 4.74 Å². The predicted molar refractivity (Wildman–Crippen MR) is 129 cm³/mol. The van der Waals surface area contributed by atoms with Crippen molar-refractivity contribution in [3.63, 3.8) is 0 Å². The topological polar surface area (TPSA) is 73.3 Å². The molecule has 0 spiro atoms. The maximum Gasteiger partial charge on any atom is 0.208 e. The van der Waals surface area contributed by atoms with Gasteiger partial charge in [-0.25, -0.2) is 8.42 Å². The van der Waals surface area contributed by atoms with Gasteiger partial charge in [-0.05, 0) is 86.3 Å². The van der Waals surface area contributed by atoms with Crippen molar-refractivity contribution in [2.75, 3.05) is 7.11 Å². The van der Waals surface area contributed by atoms with Gasteiger partial charge in [-0.3, -0.25) is 9.78 Å². The third-order valence-corrected chi connectivity index (χ3v) is 7.95. The van der Waals surface area contributed by atoms with Crippen LogP contribution in [0.4, 0.5) is 0 Å². The Morgan fingerprint density at radius 1 is 0.818 bits per heavy atom. The monoisotopic (exact) mass is 459 g/mol. The fourth-order valence-electron chi connectivity index (χ4n) is 3.76. The standard InChI is InChI=1S/C27H25NO4S/c1-16-6-8-20(12-18(16)3)26(29)24-15-28-25-11-9-21(32-5)14-23(25)27(24)33(30,31)22-10-7-17(2)19(4)13-22/h6-15H,1-5H3. The van der Waals surface area contributed by atoms with Gasteiger partial charge < -0.3 is 4.74 Å². The lowest BCUT2D eigenvalue weighted by molar-refractivity contribution is 0.103. The second-order valence-electron chi connectivity index (χ2n) is 8.26. The summed E-state index contributed by atoms with van der Waals surface area (Å²) >= 11 is 0. The van der Waals surface area contributed by atoms with Gasteiger partial charge >= 0.3 is 0 Å². The zero-order valence-corrected chi connectivity index (χ0v) is 20.1. The third-order valence-electron chi connectivity index (χ3n) is 6.10. The van der Waals surface area contributed by atoms with Crippen molar-refractivity contribution in [1.82, 2.24) is 4.98 Å². The number of ether oxygens (including phenoxy) is 1. The van der Waals surface area contributed by atoms with Crippen LogP contribution in [0.5, 0.6) is 5.75 Å². The number of hydrogen-bond acceptors (Lipinski definition) is 5. The van der Waals surface area contributed by atoms with Crippen LogP contribution in [0.3, 0.4) is 0 Å². The summed E-state index contributed by atoms with van der Waals surface area (Å²) in [6.07, 6.45) is 1.36. The Bertz CT molecular complexity index is 1520. The molecule has 1 heterocycles. The molecule has 0 aliphatic heterocycles. The van der Waals surface area contributed by atoms with Crippen molar-refractivity contribution in [2.45, 2.75) is 37.5 Å². The molecule has 0 saturated carbocycles. The molecule has 0 bridgehead atoms. The number of pyridine rings is 1. The van der Waals surface area contributed by atoms with E-state index in [2.05, 4.69) is 4.98 Å². The highest BCUT2D eigenvalue weighted by Crippen LogP contribution is 2.34. The first-order valence-corrected chi connectivity index (χ1v) is 12.0. The Kier molecular flexibility index (Phi) is 5.80. The van der Waals surface area contributed by atoms with Gasteiger partial charge in [0.15, 0.2) is 5.78 Å². The number of aromatic nitrogens is 1. The quantitative estimate of drug-likeness (QED) is 0.366. The van der Waals surface area contributed by atoms with E-state index in [-0.39, 0.29) is 15.4 Å². The van der Waals surface area contributed by atoms with Gasteiger partial charge in [0, 0.05) is 17.1 Å². The average molecular weight is 460 g/mol. The van der Waals surface area contributed by atoms with Gasteiger partial charge in [0.2, 0.25) is 9.84 Å². The third kappa shape index (κ3) is 4.02. The van der Waals surface area contributed by atoms with Crippen LogP contribution in [0.2, 0.25) is 0 Å². The summed E-state index contributed by atoms with van der Waals surface area (Å²) in [4.78, 5) is 18.1. The smallest absolute Gasteiger partial charge is 0.208 e. The minimum atomic E-state index is -4.05. The minimum Gasteiger partial charge on any atom is -0.497 e. The van der Waals surface area contributed by atoms with Crippen molar-refractivity contribution >= 4 is 26.5 Å². The average Bonchev–Trinajstić information content (AvgIpc) is 2.80. The molecule has 5 nitrogen and oxygen atoms in total. The largest absolute Gasteiger partial charge is 0.497 e. The molecule has 168 valence electrons. The predicted octanol–water partition coefficient (Wildman–Crippen LogP) is 5.54. The van der Waals surface area contributed by atoms with Gasteiger partial charge in [-0.1, -0.05) is 18.2 Å². The van der Waals surface area contributed by atoms with Gasteiger partial charge in [-0.15, -0.1) is 0 Å². The number of sulfone groups is 1. The number of fused-ring (bicyclic) bond motifs is 1. The molecule has 6 heteroatoms. The van der Waals surface area contributed by atoms with Crippen LogP contribution in [0, 0.1) is 27.7 Å². The molecule has 0 fully saturated rings. The van der Waals surface area contributed by atoms with Crippen molar-refractivity contribution in [2.24, 2.45) is 0 Å². The molecule has 1 aromatic heterocycles. The number of nitrogens with zero attached hydrogens (tertiary/aromatic N) is 1. The van der Waals surface area contributed by atoms with E-state index in [0.717, 1.165) is 22.3 Å². The van der Waals surface area contributed by atoms with E-state index >= 15 is 0 Å². The number of carbonyl (C=O) groups is 1. The maximum atomic E-state index is 14.0. The summed E-state index contributed by atoms with van der Waals surface area (Å²) in [6.45, 7) is 7.67. The first-order valence-electron chi connectivity index (χ1n) is 10.5. The lowest BCUT2D eigenvalue weighted by Crippen LogP contribution is -2.13. The molecule has 33 heavy (non-hydrogen) atoms. The SMILES string of the molecule is COc1ccc2ncc(C(=O)c3ccc(C)c(C)c3)c(S(=O)(=O)c3ccc(C)c(C)c3)c2c1. The van der Waals surface area contributed by atoms with E-state index < -0.39 is 15.6 Å². The molecular formula is C27H25NO4S. The van der Waals surface area contributed by atoms with Crippen LogP contribution in [0.15, 0.2) is 70.6 Å². The Morgan fingerprint density at radius 3 is 2.12 bits per heavy atom. The van der Waals surface area contributed by atoms with E-state index in [0.29, 0.717) is 22.2 Å². The molecule has 3 aromatic carbocycles. The van der Waals surface area contributed by atoms with Crippen LogP contribution >= 0.6 is 0 Å². The molecule has 0 atom stereocenters. The number of benzene rings is 3. The summed E-state index contributed by atoms with van der Waals surface area (Å²) < 4.78 is 33.3. The molecule has 4 rings (SSSR count). The highest BCUT2D eigenvalue weighted by Gasteiger charge is 2.29. The van der Waals surface area contributed by atoms with E-state index in [1.54, 1.807) is 48.5 Å². The Morgan fingerprint density at radius 2 is 1.48 bits per heavy atom. The number of hydrogen-bond donors (Lipinski definition) is 0. The summed E-state index contributed by atoms with van der Waals surface area (Å²) in [6, 6.07) is 15.4. The normalized spacial score (nSPS) is 11.5. The minimum absolute atomic E-state index is 0.0391. The molecule has 0 radical (unpaired) electrons. The van der Waals surface area contributed by atoms with Gasteiger partial charge in [0.25, 0.3) is 0 Å². The Balaban J connectivity index is 2.05. The molecule has 0 aliphatic rings. The number of carbonyl (C=O) groups excluding carboxylic acids is 1. The Hall–Kier alpha value is -3.51. The van der Waals surface area contributed by atoms with E-state index in [9.17, 15) is 13.2 Å². The summed E-state index contributed by atoms with van der Waals surface area (Å²) in [5, 5.41) is 0.349. The molecule has 0 amide bonds. The summed E-state index contributed by atoms with van der Waals surface area (Å²) in [7, 11) is -2.54. The number of methoxy groups -OCH3 is 1. The zero-order chi connectivity index (χ0) is 23.9. The second kappa shape index (κ2) is 8.45. The lowest BCUT2D eigenvalue weighted by atomic mass is 9.99. The van der Waals surface area contributed by atoms with Crippen molar-refractivity contribution in [1.29, 1.82) is 0 Å². The fourth-order valence-corrected chi connectivity index (χ4v) is 5.47. The summed E-state index contributed by atoms with van der Waals surface area (Å²) in [5.41, 5.74) is 4.77. The van der Waals surface area contributed by atoms with Gasteiger partial charge in [0.1, 0.15) is 5.75 Å². The van der Waals surface area contributed by atoms with Crippen LogP contribution < -0.4 is 4.74 Å². The first kappa shape index (κ1) is 22.7. The number of aryl methyl sites for hydroxylation is 4. The van der Waals surface area contributed by atoms with Crippen molar-refractivity contribution in [3.05, 3.63) is 94.2 Å². The highest BCUT2D eigenvalue weighted by molar-refractivity contribution is 7.91. The molecule has 0 unspecified atom stereocenters. The Labute approximate surface area is 194 Å². The van der Waals surface area contributed by atoms with Crippen LogP contribution in [0.1, 0.15) is 38.2 Å². The molecular weight excluding hydrogens is 434 g/mol. The van der Waals surface area contributed by atoms with Crippen LogP contribution in [0.25, 0.3) is 10.9 Å². The van der Waals surface area contributed by atoms with Crippen LogP contribution in [-0.2, 0) is 9.84 Å². The van der Waals surface area contributed by atoms with Gasteiger partial charge in [0.05, 0.1) is 28.0 Å². The first-order chi connectivity index (χ1) is 15.6. The number of ketones is 1. The van der Waals surface area contributed by atoms with Crippen LogP contribution in [-0.4, -0.2) is 26.3 Å². The molecule has 4 aromatic rings. The van der Waals surface area contributed by atoms with Crippen molar-refractivity contribution in [3.8, 4) is 5.75 Å². The van der Waals surface area contributed by atoms with E-state index in [1.165, 1.54) is 13.3 Å². The highest BCUT2D eigenvalue weighted by atomic mass is 32.2. The maximum absolute atomic E-state index is 14.0. The molecule has 0 aliphatic carbocycles. The molecule has 0 saturated heterocycles. The summed E-state index contributed by atoms with van der Waals surface area (Å²) in [5.74, 6) is 0.0920. The molecule has 0 N–H and O–H groups in total. The fraction of sp³-hybridized carbons (Fsp3) is 0.185. The second-order valence-corrected chi connectivity index (χ2v) is 10.1. The van der Waals surface area contributed by atoms with E-state index in [1.807, 2.05) is 33.8 Å². The lowest BCUT2D eigenvalue weighted by Gasteiger charge is -2.15.